The Hall–Kier alpha value is -2.24. The Kier molecular flexibility index (Phi) is 4.65. The van der Waals surface area contributed by atoms with E-state index in [-0.39, 0.29) is 0 Å². The molecule has 4 N–H and O–H groups in total. The lowest BCUT2D eigenvalue weighted by molar-refractivity contribution is 0.0924. The van der Waals surface area contributed by atoms with E-state index >= 15 is 0 Å². The highest BCUT2D eigenvalue weighted by Crippen LogP contribution is 2.02. The van der Waals surface area contributed by atoms with Crippen LogP contribution in [-0.4, -0.2) is 18.9 Å². The van der Waals surface area contributed by atoms with Crippen molar-refractivity contribution in [1.82, 2.24) is 10.9 Å². The summed E-state index contributed by atoms with van der Waals surface area (Å²) >= 11 is 0. The molecule has 0 aromatic heterocycles. The average molecular weight is 222 g/mol. The maximum atomic E-state index is 10.8. The number of rotatable bonds is 4. The van der Waals surface area contributed by atoms with Crippen molar-refractivity contribution >= 4 is 18.0 Å². The second-order valence-corrected chi connectivity index (χ2v) is 2.94. The summed E-state index contributed by atoms with van der Waals surface area (Å²) in [4.78, 5) is 15.3. The third-order valence-corrected chi connectivity index (χ3v) is 1.66. The number of nitrogens with two attached hydrogens (primary N) is 1. The zero-order valence-corrected chi connectivity index (χ0v) is 8.93. The summed E-state index contributed by atoms with van der Waals surface area (Å²) in [6.07, 6.45) is 0.940. The molecule has 0 fully saturated rings. The molecule has 86 valence electrons. The second-order valence-electron chi connectivity index (χ2n) is 2.94. The molecule has 0 spiro atoms. The smallest absolute Gasteiger partial charge is 0.399 e. The van der Waals surface area contributed by atoms with Gasteiger partial charge in [-0.2, -0.15) is 5.10 Å². The normalized spacial score (nSPS) is 10.1. The molecule has 6 nitrogen and oxygen atoms in total. The van der Waals surface area contributed by atoms with Crippen LogP contribution in [0, 0.1) is 0 Å². The van der Waals surface area contributed by atoms with E-state index in [1.165, 1.54) is 6.21 Å². The SMILES string of the molecule is CCNC(=O)ONN=Cc1ccc(N)cc1. The van der Waals surface area contributed by atoms with Crippen LogP contribution in [0.4, 0.5) is 10.5 Å². The van der Waals surface area contributed by atoms with E-state index in [1.807, 2.05) is 0 Å². The van der Waals surface area contributed by atoms with Crippen molar-refractivity contribution in [2.24, 2.45) is 5.10 Å². The predicted octanol–water partition coefficient (Wildman–Crippen LogP) is 0.853. The van der Waals surface area contributed by atoms with Crippen molar-refractivity contribution < 1.29 is 9.63 Å². The van der Waals surface area contributed by atoms with Crippen molar-refractivity contribution in [2.75, 3.05) is 12.3 Å². The van der Waals surface area contributed by atoms with Crippen LogP contribution in [0.3, 0.4) is 0 Å². The van der Waals surface area contributed by atoms with Gasteiger partial charge in [0.25, 0.3) is 0 Å². The largest absolute Gasteiger partial charge is 0.432 e. The van der Waals surface area contributed by atoms with Gasteiger partial charge in [0.2, 0.25) is 0 Å². The van der Waals surface area contributed by atoms with Gasteiger partial charge >= 0.3 is 6.09 Å². The molecule has 0 aliphatic heterocycles. The third-order valence-electron chi connectivity index (χ3n) is 1.66. The number of hydrogen-bond acceptors (Lipinski definition) is 5. The molecule has 16 heavy (non-hydrogen) atoms. The van der Waals surface area contributed by atoms with Gasteiger partial charge in [-0.3, -0.25) is 0 Å². The number of hydrazone groups is 1. The van der Waals surface area contributed by atoms with Crippen LogP contribution in [0.1, 0.15) is 12.5 Å². The summed E-state index contributed by atoms with van der Waals surface area (Å²) in [5.74, 6) is 0. The van der Waals surface area contributed by atoms with Crippen LogP contribution in [0.2, 0.25) is 0 Å². The van der Waals surface area contributed by atoms with Crippen LogP contribution in [0.25, 0.3) is 0 Å². The van der Waals surface area contributed by atoms with Crippen molar-refractivity contribution in [2.45, 2.75) is 6.92 Å². The molecular weight excluding hydrogens is 208 g/mol. The fraction of sp³-hybridized carbons (Fsp3) is 0.200. The first-order valence-electron chi connectivity index (χ1n) is 4.80. The summed E-state index contributed by atoms with van der Waals surface area (Å²) in [5.41, 5.74) is 9.21. The average Bonchev–Trinajstić information content (AvgIpc) is 2.27. The van der Waals surface area contributed by atoms with Crippen LogP contribution in [0.15, 0.2) is 29.4 Å². The van der Waals surface area contributed by atoms with Crippen LogP contribution in [-0.2, 0) is 4.84 Å². The molecule has 0 unspecified atom stereocenters. The van der Waals surface area contributed by atoms with Gasteiger partial charge < -0.3 is 15.9 Å². The minimum absolute atomic E-state index is 0.502. The molecule has 6 heteroatoms. The monoisotopic (exact) mass is 222 g/mol. The Balaban J connectivity index is 2.32. The van der Waals surface area contributed by atoms with Crippen molar-refractivity contribution in [1.29, 1.82) is 0 Å². The van der Waals surface area contributed by atoms with E-state index in [2.05, 4.69) is 20.8 Å². The Morgan fingerprint density at radius 2 is 2.19 bits per heavy atom. The molecule has 0 heterocycles. The van der Waals surface area contributed by atoms with Gasteiger partial charge in [-0.1, -0.05) is 12.1 Å². The van der Waals surface area contributed by atoms with E-state index < -0.39 is 6.09 Å². The molecule has 0 radical (unpaired) electrons. The van der Waals surface area contributed by atoms with E-state index in [9.17, 15) is 4.79 Å². The molecule has 1 aromatic rings. The van der Waals surface area contributed by atoms with Gasteiger partial charge in [0, 0.05) is 12.2 Å². The third kappa shape index (κ3) is 4.32. The summed E-state index contributed by atoms with van der Waals surface area (Å²) in [6.45, 7) is 2.29. The molecule has 1 amide bonds. The number of nitrogens with one attached hydrogen (secondary N) is 2. The highest BCUT2D eigenvalue weighted by Gasteiger charge is 1.95. The lowest BCUT2D eigenvalue weighted by Gasteiger charge is -2.01. The highest BCUT2D eigenvalue weighted by molar-refractivity contribution is 5.79. The molecule has 0 aliphatic rings. The van der Waals surface area contributed by atoms with Gasteiger partial charge in [0.1, 0.15) is 0 Å². The molecule has 0 bridgehead atoms. The Bertz CT molecular complexity index is 362. The van der Waals surface area contributed by atoms with Crippen molar-refractivity contribution in [3.05, 3.63) is 29.8 Å². The zero-order chi connectivity index (χ0) is 11.8. The number of nitrogens with zero attached hydrogens (tertiary/aromatic N) is 1. The highest BCUT2D eigenvalue weighted by atomic mass is 16.7. The first kappa shape index (κ1) is 11.8. The van der Waals surface area contributed by atoms with Gasteiger partial charge in [-0.05, 0) is 24.6 Å². The lowest BCUT2D eigenvalue weighted by atomic mass is 10.2. The van der Waals surface area contributed by atoms with E-state index in [4.69, 9.17) is 5.73 Å². The minimum Gasteiger partial charge on any atom is -0.399 e. The van der Waals surface area contributed by atoms with E-state index in [1.54, 1.807) is 31.2 Å². The fourth-order valence-corrected chi connectivity index (χ4v) is 0.931. The maximum absolute atomic E-state index is 10.8. The van der Waals surface area contributed by atoms with Crippen LogP contribution in [0.5, 0.6) is 0 Å². The van der Waals surface area contributed by atoms with Crippen molar-refractivity contribution in [3.63, 3.8) is 0 Å². The van der Waals surface area contributed by atoms with Gasteiger partial charge in [0.05, 0.1) is 6.21 Å². The second kappa shape index (κ2) is 6.28. The molecule has 0 saturated carbocycles. The summed E-state index contributed by atoms with van der Waals surface area (Å²) in [5, 5.41) is 6.13. The Morgan fingerprint density at radius 3 is 2.81 bits per heavy atom. The molecule has 0 atom stereocenters. The van der Waals surface area contributed by atoms with Gasteiger partial charge in [0.15, 0.2) is 0 Å². The zero-order valence-electron chi connectivity index (χ0n) is 8.93. The Morgan fingerprint density at radius 1 is 1.50 bits per heavy atom. The number of benzene rings is 1. The predicted molar refractivity (Wildman–Crippen MR) is 61.7 cm³/mol. The first-order valence-corrected chi connectivity index (χ1v) is 4.80. The number of amides is 1. The molecule has 0 aliphatic carbocycles. The van der Waals surface area contributed by atoms with Crippen molar-refractivity contribution in [3.8, 4) is 0 Å². The number of nitrogen functional groups attached to an aromatic ring is 1. The summed E-state index contributed by atoms with van der Waals surface area (Å²) in [7, 11) is 0. The molecular formula is C10H14N4O2. The van der Waals surface area contributed by atoms with E-state index in [0.29, 0.717) is 12.2 Å². The fourth-order valence-electron chi connectivity index (χ4n) is 0.931. The summed E-state index contributed by atoms with van der Waals surface area (Å²) < 4.78 is 0. The van der Waals surface area contributed by atoms with Gasteiger partial charge in [-0.25, -0.2) is 4.79 Å². The first-order chi connectivity index (χ1) is 7.72. The number of carbonyl (C=O) groups excluding carboxylic acids is 1. The Labute approximate surface area is 93.4 Å². The quantitative estimate of drug-likeness (QED) is 0.400. The molecule has 1 aromatic carbocycles. The van der Waals surface area contributed by atoms with E-state index in [0.717, 1.165) is 5.56 Å². The summed E-state index contributed by atoms with van der Waals surface area (Å²) in [6, 6.07) is 7.11. The van der Waals surface area contributed by atoms with Crippen LogP contribution < -0.4 is 16.6 Å². The number of hydrogen-bond donors (Lipinski definition) is 3. The van der Waals surface area contributed by atoms with Gasteiger partial charge in [-0.15, -0.1) is 5.59 Å². The standard InChI is InChI=1S/C10H14N4O2/c1-2-12-10(15)16-14-13-7-8-3-5-9(11)6-4-8/h3-7,14H,2,11H2,1H3,(H,12,15). The molecule has 1 rings (SSSR count). The molecule has 0 saturated heterocycles. The minimum atomic E-state index is -0.572. The topological polar surface area (TPSA) is 88.7 Å². The van der Waals surface area contributed by atoms with Crippen LogP contribution >= 0.6 is 0 Å². The number of carbonyl (C=O) groups is 1. The lowest BCUT2D eigenvalue weighted by Crippen LogP contribution is -2.27. The number of anilines is 1. The maximum Gasteiger partial charge on any atom is 0.432 e.